The third-order valence-electron chi connectivity index (χ3n) is 4.72. The van der Waals surface area contributed by atoms with E-state index in [1.54, 1.807) is 6.07 Å². The lowest BCUT2D eigenvalue weighted by molar-refractivity contribution is 0.0383. The van der Waals surface area contributed by atoms with E-state index in [0.29, 0.717) is 38.3 Å². The van der Waals surface area contributed by atoms with Crippen LogP contribution in [0, 0.1) is 0 Å². The topological polar surface area (TPSA) is 83.9 Å². The van der Waals surface area contributed by atoms with Crippen molar-refractivity contribution in [1.29, 1.82) is 0 Å². The minimum Gasteiger partial charge on any atom is -0.379 e. The van der Waals surface area contributed by atoms with Crippen LogP contribution in [0.3, 0.4) is 0 Å². The highest BCUT2D eigenvalue weighted by Crippen LogP contribution is 2.18. The van der Waals surface area contributed by atoms with Gasteiger partial charge in [0.2, 0.25) is 10.0 Å². The number of morpholine rings is 1. The minimum atomic E-state index is -3.23. The summed E-state index contributed by atoms with van der Waals surface area (Å²) in [6.45, 7) is 6.15. The molecule has 0 unspecified atom stereocenters. The number of fused-ring (bicyclic) bond motifs is 1. The zero-order chi connectivity index (χ0) is 17.9. The summed E-state index contributed by atoms with van der Waals surface area (Å²) in [5.74, 6) is -0.104. The molecule has 0 spiro atoms. The Kier molecular flexibility index (Phi) is 5.78. The van der Waals surface area contributed by atoms with Gasteiger partial charge in [-0.3, -0.25) is 9.69 Å². The third kappa shape index (κ3) is 4.60. The molecule has 9 heteroatoms. The molecule has 1 N–H and O–H groups in total. The molecule has 1 fully saturated rings. The number of hydrogen-bond acceptors (Lipinski definition) is 5. The number of nitrogens with zero attached hydrogens (tertiary/aromatic N) is 3. The van der Waals surface area contributed by atoms with Crippen LogP contribution in [0.5, 0.6) is 0 Å². The minimum absolute atomic E-state index is 0.104. The van der Waals surface area contributed by atoms with E-state index in [-0.39, 0.29) is 5.91 Å². The highest BCUT2D eigenvalue weighted by atomic mass is 32.2. The van der Waals surface area contributed by atoms with Crippen molar-refractivity contribution in [2.24, 2.45) is 0 Å². The standard InChI is InChI=1S/C16H26N4O4S/c1-25(22,23)19-6-2-7-20-14(13-19)3-4-15(20)16(21)17-5-8-18-9-11-24-12-10-18/h3-4H,2,5-13H2,1H3,(H,17,21). The Labute approximate surface area is 148 Å². The maximum atomic E-state index is 12.5. The molecule has 25 heavy (non-hydrogen) atoms. The largest absolute Gasteiger partial charge is 0.379 e. The van der Waals surface area contributed by atoms with Crippen LogP contribution in [0.4, 0.5) is 0 Å². The molecule has 8 nitrogen and oxygen atoms in total. The van der Waals surface area contributed by atoms with Gasteiger partial charge in [-0.05, 0) is 18.6 Å². The third-order valence-corrected chi connectivity index (χ3v) is 5.97. The van der Waals surface area contributed by atoms with E-state index in [1.807, 2.05) is 10.6 Å². The van der Waals surface area contributed by atoms with E-state index in [0.717, 1.165) is 38.5 Å². The molecule has 2 aliphatic heterocycles. The Morgan fingerprint density at radius 1 is 1.20 bits per heavy atom. The van der Waals surface area contributed by atoms with Gasteiger partial charge in [0.1, 0.15) is 5.69 Å². The second-order valence-corrected chi connectivity index (χ2v) is 8.50. The quantitative estimate of drug-likeness (QED) is 0.770. The van der Waals surface area contributed by atoms with Crippen molar-refractivity contribution >= 4 is 15.9 Å². The molecule has 1 aromatic heterocycles. The summed E-state index contributed by atoms with van der Waals surface area (Å²) in [4.78, 5) is 14.8. The number of amides is 1. The molecule has 1 saturated heterocycles. The van der Waals surface area contributed by atoms with Gasteiger partial charge in [0, 0.05) is 45.0 Å². The van der Waals surface area contributed by atoms with Crippen LogP contribution in [0.15, 0.2) is 12.1 Å². The molecule has 0 bridgehead atoms. The molecule has 2 aliphatic rings. The molecule has 0 saturated carbocycles. The van der Waals surface area contributed by atoms with E-state index in [2.05, 4.69) is 10.2 Å². The van der Waals surface area contributed by atoms with Gasteiger partial charge in [-0.15, -0.1) is 0 Å². The molecule has 0 aliphatic carbocycles. The molecule has 0 atom stereocenters. The average molecular weight is 370 g/mol. The van der Waals surface area contributed by atoms with Crippen molar-refractivity contribution in [3.05, 3.63) is 23.5 Å². The number of rotatable bonds is 5. The molecule has 0 radical (unpaired) electrons. The summed E-state index contributed by atoms with van der Waals surface area (Å²) in [6, 6.07) is 3.63. The Hall–Kier alpha value is -1.42. The Bertz CT molecular complexity index is 710. The van der Waals surface area contributed by atoms with Crippen LogP contribution in [0.1, 0.15) is 22.6 Å². The number of sulfonamides is 1. The van der Waals surface area contributed by atoms with Crippen molar-refractivity contribution < 1.29 is 17.9 Å². The first-order chi connectivity index (χ1) is 11.9. The number of nitrogens with one attached hydrogen (secondary N) is 1. The van der Waals surface area contributed by atoms with E-state index < -0.39 is 10.0 Å². The predicted octanol–water partition coefficient (Wildman–Crippen LogP) is -0.285. The summed E-state index contributed by atoms with van der Waals surface area (Å²) >= 11 is 0. The fourth-order valence-corrected chi connectivity index (χ4v) is 4.13. The van der Waals surface area contributed by atoms with Crippen molar-refractivity contribution in [2.75, 3.05) is 52.2 Å². The number of carbonyl (C=O) groups excluding carboxylic acids is 1. The van der Waals surface area contributed by atoms with Gasteiger partial charge < -0.3 is 14.6 Å². The second kappa shape index (κ2) is 7.86. The van der Waals surface area contributed by atoms with Crippen molar-refractivity contribution in [3.63, 3.8) is 0 Å². The molecular formula is C16H26N4O4S. The van der Waals surface area contributed by atoms with Gasteiger partial charge in [0.05, 0.1) is 26.0 Å². The summed E-state index contributed by atoms with van der Waals surface area (Å²) < 4.78 is 32.3. The highest BCUT2D eigenvalue weighted by molar-refractivity contribution is 7.88. The van der Waals surface area contributed by atoms with Gasteiger partial charge in [-0.25, -0.2) is 8.42 Å². The number of hydrogen-bond donors (Lipinski definition) is 1. The fourth-order valence-electron chi connectivity index (χ4n) is 3.30. The molecule has 140 valence electrons. The SMILES string of the molecule is CS(=O)(=O)N1CCCn2c(ccc2C(=O)NCCN2CCOCC2)C1. The fraction of sp³-hybridized carbons (Fsp3) is 0.688. The zero-order valence-electron chi connectivity index (χ0n) is 14.6. The maximum Gasteiger partial charge on any atom is 0.267 e. The number of aromatic nitrogens is 1. The van der Waals surface area contributed by atoms with Crippen molar-refractivity contribution in [3.8, 4) is 0 Å². The van der Waals surface area contributed by atoms with Crippen molar-refractivity contribution in [1.82, 2.24) is 19.1 Å². The van der Waals surface area contributed by atoms with Gasteiger partial charge in [0.15, 0.2) is 0 Å². The van der Waals surface area contributed by atoms with E-state index >= 15 is 0 Å². The molecule has 0 aromatic carbocycles. The second-order valence-electron chi connectivity index (χ2n) is 6.52. The number of carbonyl (C=O) groups is 1. The van der Waals surface area contributed by atoms with E-state index in [9.17, 15) is 13.2 Å². The van der Waals surface area contributed by atoms with Crippen LogP contribution in [-0.2, 0) is 27.8 Å². The first kappa shape index (κ1) is 18.4. The van der Waals surface area contributed by atoms with Crippen molar-refractivity contribution in [2.45, 2.75) is 19.5 Å². The van der Waals surface area contributed by atoms with Gasteiger partial charge >= 0.3 is 0 Å². The van der Waals surface area contributed by atoms with Crippen LogP contribution in [-0.4, -0.2) is 80.3 Å². The summed E-state index contributed by atoms with van der Waals surface area (Å²) in [5.41, 5.74) is 1.47. The van der Waals surface area contributed by atoms with Gasteiger partial charge in [-0.2, -0.15) is 4.31 Å². The lowest BCUT2D eigenvalue weighted by Crippen LogP contribution is -2.41. The smallest absolute Gasteiger partial charge is 0.267 e. The molecular weight excluding hydrogens is 344 g/mol. The number of ether oxygens (including phenoxy) is 1. The molecule has 3 rings (SSSR count). The normalized spacial score (nSPS) is 20.0. The first-order valence-electron chi connectivity index (χ1n) is 8.67. The first-order valence-corrected chi connectivity index (χ1v) is 10.5. The predicted molar refractivity (Wildman–Crippen MR) is 93.9 cm³/mol. The Morgan fingerprint density at radius 2 is 1.96 bits per heavy atom. The highest BCUT2D eigenvalue weighted by Gasteiger charge is 2.24. The molecule has 1 amide bonds. The maximum absolute atomic E-state index is 12.5. The summed E-state index contributed by atoms with van der Waals surface area (Å²) in [7, 11) is -3.23. The van der Waals surface area contributed by atoms with E-state index in [1.165, 1.54) is 10.6 Å². The van der Waals surface area contributed by atoms with Crippen LogP contribution >= 0.6 is 0 Å². The average Bonchev–Trinajstić information content (AvgIpc) is 2.84. The Morgan fingerprint density at radius 3 is 2.68 bits per heavy atom. The van der Waals surface area contributed by atoms with Crippen LogP contribution < -0.4 is 5.32 Å². The lowest BCUT2D eigenvalue weighted by Gasteiger charge is -2.26. The summed E-state index contributed by atoms with van der Waals surface area (Å²) in [5, 5.41) is 2.97. The lowest BCUT2D eigenvalue weighted by atomic mass is 10.3. The van der Waals surface area contributed by atoms with Gasteiger partial charge in [-0.1, -0.05) is 0 Å². The van der Waals surface area contributed by atoms with Crippen LogP contribution in [0.2, 0.25) is 0 Å². The molecule has 1 aromatic rings. The summed E-state index contributed by atoms with van der Waals surface area (Å²) in [6.07, 6.45) is 1.92. The Balaban J connectivity index is 1.60. The zero-order valence-corrected chi connectivity index (χ0v) is 15.4. The molecule has 3 heterocycles. The van der Waals surface area contributed by atoms with Gasteiger partial charge in [0.25, 0.3) is 5.91 Å². The van der Waals surface area contributed by atoms with Crippen LogP contribution in [0.25, 0.3) is 0 Å². The monoisotopic (exact) mass is 370 g/mol. The van der Waals surface area contributed by atoms with E-state index in [4.69, 9.17) is 4.74 Å².